The molecule has 0 unspecified atom stereocenters. The molecule has 2 radical (unpaired) electrons. The summed E-state index contributed by atoms with van der Waals surface area (Å²) < 4.78 is 18.0. The first-order valence-corrected chi connectivity index (χ1v) is 17.7. The first-order chi connectivity index (χ1) is 19.2. The van der Waals surface area contributed by atoms with Crippen LogP contribution in [0, 0.1) is 55.8 Å². The van der Waals surface area contributed by atoms with Gasteiger partial charge in [-0.05, 0) is 114 Å². The van der Waals surface area contributed by atoms with Crippen LogP contribution in [-0.4, -0.2) is 0 Å². The summed E-state index contributed by atoms with van der Waals surface area (Å²) in [6.45, 7) is 13.2. The molecule has 0 fully saturated rings. The molecule has 0 atom stereocenters. The Morgan fingerprint density at radius 2 is 0.619 bits per heavy atom. The molecule has 0 amide bonds. The number of benzene rings is 5. The van der Waals surface area contributed by atoms with Crippen molar-refractivity contribution >= 4 is 0 Å². The van der Waals surface area contributed by atoms with E-state index in [2.05, 4.69) is 114 Å². The zero-order chi connectivity index (χ0) is 28.2. The molecule has 0 aromatic heterocycles. The third-order valence-electron chi connectivity index (χ3n) is 6.49. The van der Waals surface area contributed by atoms with Gasteiger partial charge in [0.05, 0.1) is 0 Å². The summed E-state index contributed by atoms with van der Waals surface area (Å²) in [7, 11) is 0. The summed E-state index contributed by atoms with van der Waals surface area (Å²) in [6.07, 6.45) is 0. The van der Waals surface area contributed by atoms with Crippen LogP contribution in [0.25, 0.3) is 0 Å². The largest absolute Gasteiger partial charge is 0.457 e. The van der Waals surface area contributed by atoms with E-state index >= 15 is 0 Å². The van der Waals surface area contributed by atoms with Gasteiger partial charge < -0.3 is 9.47 Å². The van der Waals surface area contributed by atoms with Crippen LogP contribution < -0.4 is 51.9 Å². The third kappa shape index (κ3) is 9.68. The normalized spacial score (nSPS) is 10.4. The molecule has 2 nitrogen and oxygen atoms in total. The average molecular weight is 930 g/mol. The van der Waals surface area contributed by atoms with Crippen molar-refractivity contribution in [1.29, 1.82) is 0 Å². The van der Waals surface area contributed by atoms with Crippen LogP contribution >= 0.6 is 0 Å². The van der Waals surface area contributed by atoms with E-state index < -0.39 is 0 Å². The predicted molar refractivity (Wildman–Crippen MR) is 156 cm³/mol. The molecule has 5 aromatic carbocycles. The van der Waals surface area contributed by atoms with Crippen molar-refractivity contribution in [1.82, 2.24) is 0 Å². The minimum absolute atomic E-state index is 0. The molecule has 6 heteroatoms. The van der Waals surface area contributed by atoms with Crippen LogP contribution in [-0.2, 0) is 65.4 Å². The van der Waals surface area contributed by atoms with Gasteiger partial charge >= 0.3 is 42.4 Å². The second-order valence-electron chi connectivity index (χ2n) is 10.2. The van der Waals surface area contributed by atoms with E-state index in [0.29, 0.717) is 0 Å². The van der Waals surface area contributed by atoms with E-state index in [1.165, 1.54) is 47.7 Å². The van der Waals surface area contributed by atoms with Gasteiger partial charge in [-0.3, -0.25) is 0 Å². The topological polar surface area (TPSA) is 18.5 Å². The Morgan fingerprint density at radius 1 is 0.381 bits per heavy atom. The maximum absolute atomic E-state index is 6.11. The molecule has 0 bridgehead atoms. The number of hydrogen-bond donors (Lipinski definition) is 0. The van der Waals surface area contributed by atoms with Crippen molar-refractivity contribution < 1.29 is 117 Å². The molecular formula is C36H34I2O2Y2+2. The number of halogens is 2. The summed E-state index contributed by atoms with van der Waals surface area (Å²) in [4.78, 5) is 0. The van der Waals surface area contributed by atoms with Crippen LogP contribution in [0.2, 0.25) is 0 Å². The Kier molecular flexibility index (Phi) is 14.2. The van der Waals surface area contributed by atoms with Gasteiger partial charge in [-0.15, -0.1) is 0 Å². The van der Waals surface area contributed by atoms with Crippen molar-refractivity contribution in [2.75, 3.05) is 0 Å². The standard InChI is InChI=1S/C36H34I2O2.2Y/c1-23-19-25(3)35(26(4)20-23)37-29-7-11-31(12-8-29)39-33-15-17-34(18-16-33)40-32-13-9-30(10-14-32)38-36-27(5)21-24(2)22-28(36)6;;/h7-22H,1-6H3;;/q+2;;. The van der Waals surface area contributed by atoms with Crippen LogP contribution in [0.15, 0.2) is 97.1 Å². The van der Waals surface area contributed by atoms with Crippen molar-refractivity contribution in [2.45, 2.75) is 41.5 Å². The molecule has 0 heterocycles. The fraction of sp³-hybridized carbons (Fsp3) is 0.167. The Balaban J connectivity index is 0.00000242. The summed E-state index contributed by atoms with van der Waals surface area (Å²) >= 11 is -0.441. The fourth-order valence-corrected chi connectivity index (χ4v) is 9.83. The number of hydrogen-bond acceptors (Lipinski definition) is 2. The van der Waals surface area contributed by atoms with Crippen LogP contribution in [0.5, 0.6) is 23.0 Å². The van der Waals surface area contributed by atoms with Gasteiger partial charge in [0, 0.05) is 87.7 Å². The van der Waals surface area contributed by atoms with Crippen molar-refractivity contribution in [3.05, 3.63) is 145 Å². The molecule has 0 aliphatic rings. The Morgan fingerprint density at radius 3 is 0.881 bits per heavy atom. The van der Waals surface area contributed by atoms with Crippen LogP contribution in [0.4, 0.5) is 0 Å². The van der Waals surface area contributed by atoms with Crippen molar-refractivity contribution in [3.8, 4) is 23.0 Å². The van der Waals surface area contributed by atoms with Gasteiger partial charge in [0.25, 0.3) is 0 Å². The molecule has 0 aliphatic carbocycles. The SMILES string of the molecule is Cc1cc(C)c([I+]c2ccc(Oc3ccc(Oc4ccc([I+]c5c(C)cc(C)cc5C)cc4)cc3)cc2)c(C)c1.[Y].[Y]. The van der Waals surface area contributed by atoms with E-state index in [1.807, 2.05) is 24.3 Å². The van der Waals surface area contributed by atoms with Crippen molar-refractivity contribution in [3.63, 3.8) is 0 Å². The third-order valence-corrected chi connectivity index (χ3v) is 13.7. The second kappa shape index (κ2) is 16.6. The van der Waals surface area contributed by atoms with E-state index in [-0.39, 0.29) is 108 Å². The van der Waals surface area contributed by atoms with Crippen molar-refractivity contribution in [2.24, 2.45) is 0 Å². The summed E-state index contributed by atoms with van der Waals surface area (Å²) in [5.74, 6) is 3.28. The minimum atomic E-state index is -0.221. The molecule has 0 spiro atoms. The van der Waals surface area contributed by atoms with Gasteiger partial charge in [0.1, 0.15) is 23.0 Å². The monoisotopic (exact) mass is 930 g/mol. The first-order valence-electron chi connectivity index (χ1n) is 13.3. The summed E-state index contributed by atoms with van der Waals surface area (Å²) in [5.41, 5.74) is 8.27. The average Bonchev–Trinajstić information content (AvgIpc) is 2.91. The summed E-state index contributed by atoms with van der Waals surface area (Å²) in [6, 6.07) is 34.1. The van der Waals surface area contributed by atoms with Crippen LogP contribution in [0.3, 0.4) is 0 Å². The number of rotatable bonds is 8. The summed E-state index contributed by atoms with van der Waals surface area (Å²) in [5, 5.41) is 0. The number of ether oxygens (including phenoxy) is 2. The van der Waals surface area contributed by atoms with E-state index in [0.717, 1.165) is 23.0 Å². The zero-order valence-electron chi connectivity index (χ0n) is 25.0. The Bertz CT molecular complexity index is 1460. The van der Waals surface area contributed by atoms with Gasteiger partial charge in [-0.1, -0.05) is 35.4 Å². The molecule has 42 heavy (non-hydrogen) atoms. The van der Waals surface area contributed by atoms with Gasteiger partial charge in [0.15, 0.2) is 14.3 Å². The van der Waals surface area contributed by atoms with E-state index in [4.69, 9.17) is 9.47 Å². The molecule has 5 aromatic rings. The number of aryl methyl sites for hydroxylation is 6. The first kappa shape index (κ1) is 35.8. The maximum atomic E-state index is 6.11. The molecule has 5 rings (SSSR count). The molecule has 0 saturated carbocycles. The zero-order valence-corrected chi connectivity index (χ0v) is 35.0. The van der Waals surface area contributed by atoms with Gasteiger partial charge in [-0.25, -0.2) is 0 Å². The maximum Gasteiger partial charge on any atom is 0.358 e. The smallest absolute Gasteiger partial charge is 0.358 e. The van der Waals surface area contributed by atoms with Gasteiger partial charge in [0.2, 0.25) is 0 Å². The molecule has 0 aliphatic heterocycles. The minimum Gasteiger partial charge on any atom is -0.457 e. The molecule has 208 valence electrons. The Labute approximate surface area is 322 Å². The molecular weight excluding hydrogens is 896 g/mol. The molecule has 0 saturated heterocycles. The van der Waals surface area contributed by atoms with Crippen LogP contribution in [0.1, 0.15) is 33.4 Å². The quantitative estimate of drug-likeness (QED) is 0.223. The van der Waals surface area contributed by atoms with Gasteiger partial charge in [-0.2, -0.15) is 0 Å². The second-order valence-corrected chi connectivity index (χ2v) is 15.9. The molecule has 0 N–H and O–H groups in total. The Hall–Kier alpha value is -0.632. The van der Waals surface area contributed by atoms with E-state index in [9.17, 15) is 0 Å². The fourth-order valence-electron chi connectivity index (χ4n) is 4.82. The van der Waals surface area contributed by atoms with E-state index in [1.54, 1.807) is 0 Å². The predicted octanol–water partition coefficient (Wildman–Crippen LogP) is 3.37.